The summed E-state index contributed by atoms with van der Waals surface area (Å²) >= 11 is 0. The molecule has 0 spiro atoms. The molecule has 3 nitrogen and oxygen atoms in total. The van der Waals surface area contributed by atoms with Gasteiger partial charge in [-0.15, -0.1) is 0 Å². The highest BCUT2D eigenvalue weighted by Gasteiger charge is 2.29. The molecule has 0 fully saturated rings. The SMILES string of the molecule is C=C1C(Cc2ccc(OC)cc2)=C(Cc2ccc(OC)cc2)C(=O)c2cc3ccccc3cc21. The van der Waals surface area contributed by atoms with Gasteiger partial charge in [-0.1, -0.05) is 55.1 Å². The summed E-state index contributed by atoms with van der Waals surface area (Å²) < 4.78 is 10.6. The first-order valence-electron chi connectivity index (χ1n) is 11.3. The van der Waals surface area contributed by atoms with Crippen molar-refractivity contribution in [3.63, 3.8) is 0 Å². The lowest BCUT2D eigenvalue weighted by molar-refractivity contribution is 0.102. The molecule has 0 radical (unpaired) electrons. The third-order valence-electron chi connectivity index (χ3n) is 6.54. The summed E-state index contributed by atoms with van der Waals surface area (Å²) in [5, 5.41) is 2.17. The molecule has 0 atom stereocenters. The van der Waals surface area contributed by atoms with Crippen molar-refractivity contribution < 1.29 is 14.3 Å². The number of methoxy groups -OCH3 is 2. The van der Waals surface area contributed by atoms with Crippen LogP contribution < -0.4 is 9.47 Å². The van der Waals surface area contributed by atoms with Crippen molar-refractivity contribution in [3.8, 4) is 11.5 Å². The van der Waals surface area contributed by atoms with Gasteiger partial charge in [-0.2, -0.15) is 0 Å². The van der Waals surface area contributed by atoms with Crippen LogP contribution >= 0.6 is 0 Å². The lowest BCUT2D eigenvalue weighted by Crippen LogP contribution is -2.18. The van der Waals surface area contributed by atoms with Crippen LogP contribution in [-0.2, 0) is 12.8 Å². The molecule has 0 N–H and O–H groups in total. The highest BCUT2D eigenvalue weighted by molar-refractivity contribution is 6.19. The quantitative estimate of drug-likeness (QED) is 0.325. The minimum atomic E-state index is 0.0764. The average molecular weight is 447 g/mol. The molecule has 0 unspecified atom stereocenters. The zero-order valence-corrected chi connectivity index (χ0v) is 19.4. The van der Waals surface area contributed by atoms with Crippen molar-refractivity contribution in [2.24, 2.45) is 0 Å². The van der Waals surface area contributed by atoms with Gasteiger partial charge in [-0.25, -0.2) is 0 Å². The van der Waals surface area contributed by atoms with Gasteiger partial charge in [0.15, 0.2) is 5.78 Å². The van der Waals surface area contributed by atoms with Gasteiger partial charge in [0.05, 0.1) is 14.2 Å². The predicted molar refractivity (Wildman–Crippen MR) is 138 cm³/mol. The molecule has 0 aromatic heterocycles. The Balaban J connectivity index is 1.61. The third kappa shape index (κ3) is 4.01. The first-order valence-corrected chi connectivity index (χ1v) is 11.3. The van der Waals surface area contributed by atoms with Crippen LogP contribution in [0.4, 0.5) is 0 Å². The van der Waals surface area contributed by atoms with Gasteiger partial charge in [0.1, 0.15) is 11.5 Å². The van der Waals surface area contributed by atoms with Crippen molar-refractivity contribution in [2.45, 2.75) is 12.8 Å². The largest absolute Gasteiger partial charge is 0.497 e. The fraction of sp³-hybridized carbons (Fsp3) is 0.129. The Hall–Kier alpha value is -4.11. The van der Waals surface area contributed by atoms with Gasteiger partial charge in [-0.3, -0.25) is 4.79 Å². The number of benzene rings is 4. The third-order valence-corrected chi connectivity index (χ3v) is 6.54. The second-order valence-electron chi connectivity index (χ2n) is 8.56. The van der Waals surface area contributed by atoms with Crippen molar-refractivity contribution in [2.75, 3.05) is 14.2 Å². The Labute approximate surface area is 200 Å². The van der Waals surface area contributed by atoms with E-state index in [4.69, 9.17) is 9.47 Å². The molecule has 0 bridgehead atoms. The lowest BCUT2D eigenvalue weighted by Gasteiger charge is -2.25. The zero-order valence-electron chi connectivity index (χ0n) is 19.4. The number of Topliss-reactive ketones (excluding diaryl/α,β-unsaturated/α-hetero) is 1. The molecule has 0 aliphatic heterocycles. The number of ether oxygens (including phenoxy) is 2. The Kier molecular flexibility index (Phi) is 5.77. The predicted octanol–water partition coefficient (Wildman–Crippen LogP) is 6.85. The molecule has 1 aliphatic rings. The van der Waals surface area contributed by atoms with Crippen molar-refractivity contribution in [3.05, 3.63) is 125 Å². The molecule has 4 aromatic carbocycles. The van der Waals surface area contributed by atoms with Gasteiger partial charge < -0.3 is 9.47 Å². The molecular weight excluding hydrogens is 420 g/mol. The summed E-state index contributed by atoms with van der Waals surface area (Å²) in [7, 11) is 3.31. The van der Waals surface area contributed by atoms with Crippen molar-refractivity contribution >= 4 is 22.1 Å². The number of carbonyl (C=O) groups is 1. The maximum atomic E-state index is 13.9. The maximum absolute atomic E-state index is 13.9. The molecule has 1 aliphatic carbocycles. The maximum Gasteiger partial charge on any atom is 0.190 e. The fourth-order valence-electron chi connectivity index (χ4n) is 4.62. The Morgan fingerprint density at radius 3 is 1.62 bits per heavy atom. The molecule has 34 heavy (non-hydrogen) atoms. The fourth-order valence-corrected chi connectivity index (χ4v) is 4.62. The normalized spacial score (nSPS) is 13.2. The molecule has 0 saturated heterocycles. The van der Waals surface area contributed by atoms with Gasteiger partial charge in [0, 0.05) is 17.6 Å². The first kappa shape index (κ1) is 21.7. The highest BCUT2D eigenvalue weighted by Crippen LogP contribution is 2.39. The highest BCUT2D eigenvalue weighted by atomic mass is 16.5. The molecule has 168 valence electrons. The number of allylic oxidation sites excluding steroid dienone is 3. The summed E-state index contributed by atoms with van der Waals surface area (Å²) in [5.41, 5.74) is 6.54. The zero-order chi connectivity index (χ0) is 23.7. The van der Waals surface area contributed by atoms with Crippen LogP contribution in [0.15, 0.2) is 103 Å². The van der Waals surface area contributed by atoms with Crippen LogP contribution in [0.2, 0.25) is 0 Å². The monoisotopic (exact) mass is 446 g/mol. The van der Waals surface area contributed by atoms with Crippen LogP contribution in [0.1, 0.15) is 27.0 Å². The number of fused-ring (bicyclic) bond motifs is 2. The second-order valence-corrected chi connectivity index (χ2v) is 8.56. The topological polar surface area (TPSA) is 35.5 Å². The second kappa shape index (κ2) is 9.03. The molecular formula is C31H26O3. The summed E-state index contributed by atoms with van der Waals surface area (Å²) in [6, 6.07) is 28.1. The number of carbonyl (C=O) groups excluding carboxylic acids is 1. The van der Waals surface area contributed by atoms with E-state index in [9.17, 15) is 4.79 Å². The summed E-state index contributed by atoms with van der Waals surface area (Å²) in [4.78, 5) is 13.9. The Bertz CT molecular complexity index is 1310. The summed E-state index contributed by atoms with van der Waals surface area (Å²) in [6.45, 7) is 4.47. The summed E-state index contributed by atoms with van der Waals surface area (Å²) in [6.07, 6.45) is 1.17. The van der Waals surface area contributed by atoms with E-state index >= 15 is 0 Å². The van der Waals surface area contributed by atoms with Gasteiger partial charge in [-0.05, 0) is 81.4 Å². The average Bonchev–Trinajstić information content (AvgIpc) is 2.89. The van der Waals surface area contributed by atoms with E-state index < -0.39 is 0 Å². The number of hydrogen-bond acceptors (Lipinski definition) is 3. The number of rotatable bonds is 6. The molecule has 0 saturated carbocycles. The van der Waals surface area contributed by atoms with E-state index in [0.717, 1.165) is 61.2 Å². The van der Waals surface area contributed by atoms with Gasteiger partial charge >= 0.3 is 0 Å². The van der Waals surface area contributed by atoms with Crippen LogP contribution in [0.25, 0.3) is 16.3 Å². The van der Waals surface area contributed by atoms with Crippen molar-refractivity contribution in [1.29, 1.82) is 0 Å². The number of hydrogen-bond donors (Lipinski definition) is 0. The molecule has 0 amide bonds. The van der Waals surface area contributed by atoms with Crippen molar-refractivity contribution in [1.82, 2.24) is 0 Å². The smallest absolute Gasteiger partial charge is 0.190 e. The van der Waals surface area contributed by atoms with Crippen LogP contribution in [-0.4, -0.2) is 20.0 Å². The summed E-state index contributed by atoms with van der Waals surface area (Å²) in [5.74, 6) is 1.69. The van der Waals surface area contributed by atoms with E-state index in [1.165, 1.54) is 0 Å². The standard InChI is InChI=1S/C31H26O3/c1-20-27(16-21-8-12-25(33-2)13-9-21)29(17-22-10-14-26(34-3)15-11-22)31(32)30-19-24-7-5-4-6-23(24)18-28(20)30/h4-15,18-19H,1,16-17H2,2-3H3. The first-order chi connectivity index (χ1) is 16.6. The Morgan fingerprint density at radius 1 is 0.647 bits per heavy atom. The lowest BCUT2D eigenvalue weighted by atomic mass is 9.77. The molecule has 5 rings (SSSR count). The Morgan fingerprint density at radius 2 is 1.12 bits per heavy atom. The molecule has 4 aromatic rings. The molecule has 3 heteroatoms. The van der Waals surface area contributed by atoms with Crippen LogP contribution in [0.3, 0.4) is 0 Å². The van der Waals surface area contributed by atoms with E-state index in [-0.39, 0.29) is 5.78 Å². The van der Waals surface area contributed by atoms with Gasteiger partial charge in [0.25, 0.3) is 0 Å². The van der Waals surface area contributed by atoms with E-state index in [0.29, 0.717) is 12.8 Å². The van der Waals surface area contributed by atoms with Crippen LogP contribution in [0, 0.1) is 0 Å². The number of ketones is 1. The molecule has 0 heterocycles. The van der Waals surface area contributed by atoms with E-state index in [2.05, 4.69) is 18.7 Å². The van der Waals surface area contributed by atoms with E-state index in [1.807, 2.05) is 72.8 Å². The van der Waals surface area contributed by atoms with Crippen LogP contribution in [0.5, 0.6) is 11.5 Å². The van der Waals surface area contributed by atoms with Gasteiger partial charge in [0.2, 0.25) is 0 Å². The van der Waals surface area contributed by atoms with E-state index in [1.54, 1.807) is 14.2 Å². The minimum absolute atomic E-state index is 0.0764. The minimum Gasteiger partial charge on any atom is -0.497 e.